The van der Waals surface area contributed by atoms with Crippen LogP contribution in [-0.4, -0.2) is 22.5 Å². The second-order valence-electron chi connectivity index (χ2n) is 5.39. The first-order chi connectivity index (χ1) is 12.1. The lowest BCUT2D eigenvalue weighted by Gasteiger charge is -2.12. The zero-order valence-electron chi connectivity index (χ0n) is 13.4. The van der Waals surface area contributed by atoms with E-state index < -0.39 is 5.91 Å². The van der Waals surface area contributed by atoms with Crippen LogP contribution in [0.15, 0.2) is 61.1 Å². The van der Waals surface area contributed by atoms with E-state index in [0.29, 0.717) is 29.9 Å². The van der Waals surface area contributed by atoms with Crippen LogP contribution in [0.4, 0.5) is 4.39 Å². The summed E-state index contributed by atoms with van der Waals surface area (Å²) in [6.07, 6.45) is 5.61. The number of carbonyl (C=O) groups is 1. The lowest BCUT2D eigenvalue weighted by atomic mass is 10.0. The third-order valence-corrected chi connectivity index (χ3v) is 3.67. The summed E-state index contributed by atoms with van der Waals surface area (Å²) in [5, 5.41) is 0. The van der Waals surface area contributed by atoms with Gasteiger partial charge in [0, 0.05) is 24.4 Å². The average molecular weight is 337 g/mol. The minimum atomic E-state index is -0.633. The van der Waals surface area contributed by atoms with Crippen LogP contribution in [0.2, 0.25) is 0 Å². The fourth-order valence-electron chi connectivity index (χ4n) is 2.38. The van der Waals surface area contributed by atoms with Crippen molar-refractivity contribution in [3.8, 4) is 16.9 Å². The molecule has 3 aromatic rings. The highest BCUT2D eigenvalue weighted by atomic mass is 19.1. The van der Waals surface area contributed by atoms with E-state index in [4.69, 9.17) is 10.5 Å². The molecule has 2 N–H and O–H groups in total. The van der Waals surface area contributed by atoms with Gasteiger partial charge >= 0.3 is 0 Å². The largest absolute Gasteiger partial charge is 0.491 e. The average Bonchev–Trinajstić information content (AvgIpc) is 2.63. The van der Waals surface area contributed by atoms with Gasteiger partial charge in [0.2, 0.25) is 0 Å². The Kier molecular flexibility index (Phi) is 4.99. The molecule has 0 aliphatic heterocycles. The quantitative estimate of drug-likeness (QED) is 0.750. The molecule has 0 atom stereocenters. The van der Waals surface area contributed by atoms with E-state index in [-0.39, 0.29) is 11.5 Å². The molecule has 0 bridgehead atoms. The van der Waals surface area contributed by atoms with Crippen molar-refractivity contribution in [1.82, 2.24) is 9.97 Å². The minimum absolute atomic E-state index is 0.126. The second-order valence-corrected chi connectivity index (χ2v) is 5.39. The molecule has 126 valence electrons. The highest BCUT2D eigenvalue weighted by Gasteiger charge is 2.12. The van der Waals surface area contributed by atoms with Crippen LogP contribution in [0.3, 0.4) is 0 Å². The maximum absolute atomic E-state index is 13.2. The molecule has 0 radical (unpaired) electrons. The molecule has 6 heteroatoms. The number of pyridine rings is 2. The number of ether oxygens (including phenoxy) is 1. The molecule has 0 aliphatic carbocycles. The number of carbonyl (C=O) groups excluding carboxylic acids is 1. The number of rotatable bonds is 6. The monoisotopic (exact) mass is 337 g/mol. The van der Waals surface area contributed by atoms with Gasteiger partial charge in [-0.2, -0.15) is 0 Å². The van der Waals surface area contributed by atoms with E-state index in [1.807, 2.05) is 12.1 Å². The number of nitrogens with zero attached hydrogens (tertiary/aromatic N) is 2. The van der Waals surface area contributed by atoms with Gasteiger partial charge in [-0.3, -0.25) is 9.78 Å². The van der Waals surface area contributed by atoms with Gasteiger partial charge < -0.3 is 10.5 Å². The number of hydrogen-bond donors (Lipinski definition) is 1. The summed E-state index contributed by atoms with van der Waals surface area (Å²) in [4.78, 5) is 19.4. The molecule has 0 unspecified atom stereocenters. The normalized spacial score (nSPS) is 10.4. The molecule has 25 heavy (non-hydrogen) atoms. The van der Waals surface area contributed by atoms with Gasteiger partial charge in [-0.05, 0) is 41.5 Å². The molecular formula is C19H16FN3O2. The summed E-state index contributed by atoms with van der Waals surface area (Å²) >= 11 is 0. The zero-order chi connectivity index (χ0) is 17.6. The van der Waals surface area contributed by atoms with Crippen molar-refractivity contribution >= 4 is 5.91 Å². The number of halogens is 1. The third-order valence-electron chi connectivity index (χ3n) is 3.67. The lowest BCUT2D eigenvalue weighted by molar-refractivity contribution is 0.0995. The highest BCUT2D eigenvalue weighted by Crippen LogP contribution is 2.30. The van der Waals surface area contributed by atoms with E-state index in [0.717, 1.165) is 5.56 Å². The first-order valence-corrected chi connectivity index (χ1v) is 7.71. The van der Waals surface area contributed by atoms with Gasteiger partial charge in [-0.1, -0.05) is 12.1 Å². The third kappa shape index (κ3) is 4.17. The molecular weight excluding hydrogens is 321 g/mol. The Morgan fingerprint density at radius 2 is 1.84 bits per heavy atom. The van der Waals surface area contributed by atoms with Gasteiger partial charge in [0.1, 0.15) is 17.3 Å². The predicted octanol–water partition coefficient (Wildman–Crippen LogP) is 3.00. The van der Waals surface area contributed by atoms with E-state index in [9.17, 15) is 9.18 Å². The molecule has 1 amide bonds. The first kappa shape index (κ1) is 16.6. The van der Waals surface area contributed by atoms with Crippen LogP contribution in [0.5, 0.6) is 5.75 Å². The van der Waals surface area contributed by atoms with Gasteiger partial charge in [-0.15, -0.1) is 0 Å². The van der Waals surface area contributed by atoms with E-state index in [2.05, 4.69) is 9.97 Å². The van der Waals surface area contributed by atoms with Crippen molar-refractivity contribution in [1.29, 1.82) is 0 Å². The van der Waals surface area contributed by atoms with Gasteiger partial charge in [-0.25, -0.2) is 9.37 Å². The van der Waals surface area contributed by atoms with Crippen molar-refractivity contribution < 1.29 is 13.9 Å². The smallest absolute Gasteiger partial charge is 0.267 e. The van der Waals surface area contributed by atoms with E-state index in [1.165, 1.54) is 18.3 Å². The maximum atomic E-state index is 13.2. The highest BCUT2D eigenvalue weighted by molar-refractivity contribution is 5.92. The van der Waals surface area contributed by atoms with Crippen LogP contribution in [0, 0.1) is 5.82 Å². The SMILES string of the molecule is NC(=O)c1cc(-c2ccc(F)cc2)c(OCCc2ccncc2)cn1. The van der Waals surface area contributed by atoms with Crippen molar-refractivity contribution in [2.24, 2.45) is 5.73 Å². The topological polar surface area (TPSA) is 78.1 Å². The Morgan fingerprint density at radius 1 is 1.12 bits per heavy atom. The van der Waals surface area contributed by atoms with Gasteiger partial charge in [0.25, 0.3) is 5.91 Å². The predicted molar refractivity (Wildman–Crippen MR) is 91.6 cm³/mol. The maximum Gasteiger partial charge on any atom is 0.267 e. The van der Waals surface area contributed by atoms with Crippen LogP contribution in [0.1, 0.15) is 16.1 Å². The summed E-state index contributed by atoms with van der Waals surface area (Å²) in [5.74, 6) is -0.467. The van der Waals surface area contributed by atoms with Crippen molar-refractivity contribution in [3.63, 3.8) is 0 Å². The summed E-state index contributed by atoms with van der Waals surface area (Å²) in [6.45, 7) is 0.426. The molecule has 1 aromatic carbocycles. The molecule has 3 rings (SSSR count). The molecule has 2 heterocycles. The standard InChI is InChI=1S/C19H16FN3O2/c20-15-3-1-14(2-4-15)16-11-17(19(21)24)23-12-18(16)25-10-7-13-5-8-22-9-6-13/h1-6,8-9,11-12H,7,10H2,(H2,21,24). The number of aromatic nitrogens is 2. The molecule has 2 aromatic heterocycles. The fraction of sp³-hybridized carbons (Fsp3) is 0.105. The Labute approximate surface area is 144 Å². The number of amides is 1. The summed E-state index contributed by atoms with van der Waals surface area (Å²) in [7, 11) is 0. The number of benzene rings is 1. The molecule has 0 spiro atoms. The zero-order valence-corrected chi connectivity index (χ0v) is 13.4. The molecule has 0 aliphatic rings. The van der Waals surface area contributed by atoms with Crippen LogP contribution in [0.25, 0.3) is 11.1 Å². The summed E-state index contributed by atoms with van der Waals surface area (Å²) in [6, 6.07) is 11.3. The van der Waals surface area contributed by atoms with Crippen molar-refractivity contribution in [2.75, 3.05) is 6.61 Å². The van der Waals surface area contributed by atoms with Gasteiger partial charge in [0.05, 0.1) is 12.8 Å². The van der Waals surface area contributed by atoms with Crippen molar-refractivity contribution in [2.45, 2.75) is 6.42 Å². The molecule has 0 saturated carbocycles. The van der Waals surface area contributed by atoms with E-state index in [1.54, 1.807) is 30.6 Å². The Balaban J connectivity index is 1.84. The minimum Gasteiger partial charge on any atom is -0.491 e. The summed E-state index contributed by atoms with van der Waals surface area (Å²) in [5.41, 5.74) is 7.88. The van der Waals surface area contributed by atoms with Crippen LogP contribution < -0.4 is 10.5 Å². The van der Waals surface area contributed by atoms with Crippen molar-refractivity contribution in [3.05, 3.63) is 78.1 Å². The Bertz CT molecular complexity index is 868. The number of nitrogens with two attached hydrogens (primary N) is 1. The number of hydrogen-bond acceptors (Lipinski definition) is 4. The Hall–Kier alpha value is -3.28. The lowest BCUT2D eigenvalue weighted by Crippen LogP contribution is -2.13. The molecule has 5 nitrogen and oxygen atoms in total. The summed E-state index contributed by atoms with van der Waals surface area (Å²) < 4.78 is 19.0. The second kappa shape index (κ2) is 7.53. The molecule has 0 fully saturated rings. The fourth-order valence-corrected chi connectivity index (χ4v) is 2.38. The van der Waals surface area contributed by atoms with Gasteiger partial charge in [0.15, 0.2) is 0 Å². The Morgan fingerprint density at radius 3 is 2.52 bits per heavy atom. The van der Waals surface area contributed by atoms with Crippen LogP contribution in [-0.2, 0) is 6.42 Å². The first-order valence-electron chi connectivity index (χ1n) is 7.71. The van der Waals surface area contributed by atoms with E-state index >= 15 is 0 Å². The van der Waals surface area contributed by atoms with Crippen LogP contribution >= 0.6 is 0 Å². The molecule has 0 saturated heterocycles. The number of primary amides is 1.